The lowest BCUT2D eigenvalue weighted by atomic mass is 9.60. The van der Waals surface area contributed by atoms with E-state index in [9.17, 15) is 9.90 Å². The highest BCUT2D eigenvalue weighted by atomic mass is 35.5. The molecular formula is C33H33Cl2N3O4. The van der Waals surface area contributed by atoms with Crippen LogP contribution in [-0.2, 0) is 11.3 Å². The number of hydrogen-bond acceptors (Lipinski definition) is 5. The van der Waals surface area contributed by atoms with Crippen molar-refractivity contribution in [1.82, 2.24) is 9.72 Å². The Bertz CT molecular complexity index is 1680. The molecule has 2 aromatic carbocycles. The summed E-state index contributed by atoms with van der Waals surface area (Å²) in [6.45, 7) is 3.09. The SMILES string of the molecule is COCCn1cc(C(=O)O)c2ccc(N3CCC4(CC3)CC(=Cc3c(-c5c(Cl)cccc5Cl)noc3C3CC3)C4)cc21. The molecule has 42 heavy (non-hydrogen) atoms. The van der Waals surface area contributed by atoms with Crippen molar-refractivity contribution in [2.45, 2.75) is 51.0 Å². The summed E-state index contributed by atoms with van der Waals surface area (Å²) in [5.74, 6) is 0.479. The van der Waals surface area contributed by atoms with Crippen LogP contribution in [0.15, 0.2) is 52.7 Å². The number of ether oxygens (including phenoxy) is 1. The van der Waals surface area contributed by atoms with Gasteiger partial charge in [0.05, 0.1) is 27.7 Å². The summed E-state index contributed by atoms with van der Waals surface area (Å²) in [7, 11) is 1.66. The van der Waals surface area contributed by atoms with Gasteiger partial charge in [0.2, 0.25) is 0 Å². The molecule has 3 fully saturated rings. The number of piperidine rings is 1. The summed E-state index contributed by atoms with van der Waals surface area (Å²) in [6, 6.07) is 11.7. The number of allylic oxidation sites excluding steroid dienone is 1. The number of halogens is 2. The highest BCUT2D eigenvalue weighted by molar-refractivity contribution is 6.39. The van der Waals surface area contributed by atoms with Crippen molar-refractivity contribution < 1.29 is 19.2 Å². The summed E-state index contributed by atoms with van der Waals surface area (Å²) in [5.41, 5.74) is 6.68. The molecule has 2 saturated carbocycles. The third-order valence-corrected chi connectivity index (χ3v) is 9.91. The molecule has 218 valence electrons. The van der Waals surface area contributed by atoms with Crippen LogP contribution in [0.3, 0.4) is 0 Å². The van der Waals surface area contributed by atoms with Crippen LogP contribution in [-0.4, -0.2) is 47.6 Å². The maximum Gasteiger partial charge on any atom is 0.337 e. The van der Waals surface area contributed by atoms with Gasteiger partial charge in [0, 0.05) is 61.1 Å². The van der Waals surface area contributed by atoms with Gasteiger partial charge in [-0.25, -0.2) is 4.79 Å². The van der Waals surface area contributed by atoms with Gasteiger partial charge in [-0.2, -0.15) is 0 Å². The van der Waals surface area contributed by atoms with Gasteiger partial charge in [-0.3, -0.25) is 0 Å². The molecule has 0 unspecified atom stereocenters. The summed E-state index contributed by atoms with van der Waals surface area (Å²) in [6.07, 6.45) is 10.7. The van der Waals surface area contributed by atoms with Crippen molar-refractivity contribution in [1.29, 1.82) is 0 Å². The van der Waals surface area contributed by atoms with Crippen molar-refractivity contribution in [3.8, 4) is 11.3 Å². The van der Waals surface area contributed by atoms with Crippen molar-refractivity contribution in [3.05, 3.63) is 75.1 Å². The number of carboxylic acids is 1. The number of fused-ring (bicyclic) bond motifs is 1. The van der Waals surface area contributed by atoms with Crippen molar-refractivity contribution in [2.24, 2.45) is 5.41 Å². The first kappa shape index (κ1) is 27.6. The zero-order chi connectivity index (χ0) is 29.0. The van der Waals surface area contributed by atoms with Gasteiger partial charge in [-0.05, 0) is 80.3 Å². The van der Waals surface area contributed by atoms with Crippen LogP contribution in [0.5, 0.6) is 0 Å². The third kappa shape index (κ3) is 4.91. The maximum absolute atomic E-state index is 11.8. The normalized spacial score (nSPS) is 18.1. The molecule has 3 aliphatic rings. The molecule has 1 saturated heterocycles. The van der Waals surface area contributed by atoms with E-state index < -0.39 is 5.97 Å². The van der Waals surface area contributed by atoms with Crippen LogP contribution in [0.1, 0.15) is 66.1 Å². The van der Waals surface area contributed by atoms with Gasteiger partial charge in [0.25, 0.3) is 0 Å². The maximum atomic E-state index is 11.8. The average molecular weight is 607 g/mol. The number of aromatic carboxylic acids is 1. The zero-order valence-electron chi connectivity index (χ0n) is 23.5. The average Bonchev–Trinajstić information content (AvgIpc) is 3.63. The third-order valence-electron chi connectivity index (χ3n) is 9.28. The van der Waals surface area contributed by atoms with Gasteiger partial charge < -0.3 is 23.8 Å². The first-order valence-corrected chi connectivity index (χ1v) is 15.3. The van der Waals surface area contributed by atoms with E-state index in [0.29, 0.717) is 40.1 Å². The number of rotatable bonds is 8. The fraction of sp³-hybridized carbons (Fsp3) is 0.394. The minimum Gasteiger partial charge on any atom is -0.478 e. The van der Waals surface area contributed by atoms with Crippen LogP contribution in [0, 0.1) is 5.41 Å². The lowest BCUT2D eigenvalue weighted by Crippen LogP contribution is -2.44. The van der Waals surface area contributed by atoms with Gasteiger partial charge in [-0.1, -0.05) is 40.0 Å². The molecule has 0 bridgehead atoms. The number of carbonyl (C=O) groups is 1. The van der Waals surface area contributed by atoms with Crippen LogP contribution in [0.4, 0.5) is 5.69 Å². The quantitative estimate of drug-likeness (QED) is 0.217. The number of hydrogen-bond donors (Lipinski definition) is 1. The number of anilines is 1. The van der Waals surface area contributed by atoms with E-state index >= 15 is 0 Å². The Kier molecular flexibility index (Phi) is 7.08. The molecule has 2 aromatic heterocycles. The summed E-state index contributed by atoms with van der Waals surface area (Å²) in [4.78, 5) is 14.3. The lowest BCUT2D eigenvalue weighted by molar-refractivity contribution is 0.0698. The van der Waals surface area contributed by atoms with Crippen molar-refractivity contribution in [2.75, 3.05) is 31.7 Å². The van der Waals surface area contributed by atoms with Gasteiger partial charge >= 0.3 is 5.97 Å². The van der Waals surface area contributed by atoms with E-state index in [0.717, 1.165) is 90.8 Å². The summed E-state index contributed by atoms with van der Waals surface area (Å²) in [5, 5.41) is 16.1. The number of benzene rings is 2. The van der Waals surface area contributed by atoms with Gasteiger partial charge in [0.15, 0.2) is 0 Å². The number of carboxylic acid groups (broad SMARTS) is 1. The predicted molar refractivity (Wildman–Crippen MR) is 166 cm³/mol. The molecule has 7 rings (SSSR count). The molecular weight excluding hydrogens is 573 g/mol. The van der Waals surface area contributed by atoms with Crippen LogP contribution in [0.2, 0.25) is 10.0 Å². The molecule has 1 spiro atoms. The fourth-order valence-corrected chi connectivity index (χ4v) is 7.40. The molecule has 3 heterocycles. The zero-order valence-corrected chi connectivity index (χ0v) is 25.0. The van der Waals surface area contributed by atoms with E-state index in [1.807, 2.05) is 28.8 Å². The molecule has 9 heteroatoms. The van der Waals surface area contributed by atoms with Crippen LogP contribution < -0.4 is 4.90 Å². The molecule has 1 aliphatic heterocycles. The molecule has 2 aliphatic carbocycles. The largest absolute Gasteiger partial charge is 0.478 e. The van der Waals surface area contributed by atoms with E-state index in [2.05, 4.69) is 28.3 Å². The van der Waals surface area contributed by atoms with E-state index in [-0.39, 0.29) is 0 Å². The molecule has 0 radical (unpaired) electrons. The summed E-state index contributed by atoms with van der Waals surface area (Å²) >= 11 is 13.1. The summed E-state index contributed by atoms with van der Waals surface area (Å²) < 4.78 is 13.1. The van der Waals surface area contributed by atoms with Gasteiger partial charge in [0.1, 0.15) is 11.5 Å². The minimum absolute atomic E-state index is 0.320. The Hall–Kier alpha value is -3.26. The van der Waals surface area contributed by atoms with Crippen molar-refractivity contribution in [3.63, 3.8) is 0 Å². The Morgan fingerprint density at radius 3 is 2.57 bits per heavy atom. The van der Waals surface area contributed by atoms with E-state index in [1.54, 1.807) is 13.3 Å². The van der Waals surface area contributed by atoms with Crippen LogP contribution in [0.25, 0.3) is 28.2 Å². The van der Waals surface area contributed by atoms with Gasteiger partial charge in [-0.15, -0.1) is 0 Å². The molecule has 1 N–H and O–H groups in total. The first-order valence-electron chi connectivity index (χ1n) is 14.6. The van der Waals surface area contributed by atoms with E-state index in [4.69, 9.17) is 32.5 Å². The number of aromatic nitrogens is 2. The Balaban J connectivity index is 1.08. The molecule has 0 amide bonds. The van der Waals surface area contributed by atoms with E-state index in [1.165, 1.54) is 5.57 Å². The smallest absolute Gasteiger partial charge is 0.337 e. The topological polar surface area (TPSA) is 80.7 Å². The van der Waals surface area contributed by atoms with Crippen molar-refractivity contribution >= 4 is 51.8 Å². The van der Waals surface area contributed by atoms with Crippen LogP contribution >= 0.6 is 23.2 Å². The Morgan fingerprint density at radius 2 is 1.90 bits per heavy atom. The Labute approximate surface area is 254 Å². The number of methoxy groups -OCH3 is 1. The second-order valence-corrected chi connectivity index (χ2v) is 12.9. The predicted octanol–water partition coefficient (Wildman–Crippen LogP) is 8.29. The lowest BCUT2D eigenvalue weighted by Gasteiger charge is -2.50. The Morgan fingerprint density at radius 1 is 1.17 bits per heavy atom. The fourth-order valence-electron chi connectivity index (χ4n) is 6.83. The monoisotopic (exact) mass is 605 g/mol. The minimum atomic E-state index is -0.907. The highest BCUT2D eigenvalue weighted by Gasteiger charge is 2.43. The second kappa shape index (κ2) is 10.8. The highest BCUT2D eigenvalue weighted by Crippen LogP contribution is 2.54. The second-order valence-electron chi connectivity index (χ2n) is 12.1. The molecule has 7 nitrogen and oxygen atoms in total. The standard InChI is InChI=1S/C33H33Cl2N3O4/c1-41-14-13-38-19-25(32(39)40)23-8-7-22(16-28(23)38)37-11-9-33(10-12-37)17-20(18-33)15-24-30(36-42-31(24)21-5-6-21)29-26(34)3-2-4-27(29)35/h2-4,7-8,15-16,19,21H,5-6,9-14,17-18H2,1H3,(H,39,40). The first-order chi connectivity index (χ1) is 20.4. The molecule has 4 aromatic rings. The molecule has 0 atom stereocenters. The number of nitrogens with zero attached hydrogens (tertiary/aromatic N) is 3.